The van der Waals surface area contributed by atoms with E-state index in [0.29, 0.717) is 16.4 Å². The molecule has 0 saturated carbocycles. The first kappa shape index (κ1) is 22.0. The van der Waals surface area contributed by atoms with E-state index in [9.17, 15) is 18.0 Å². The maximum Gasteiger partial charge on any atom is 0.263 e. The molecule has 1 aliphatic heterocycles. The van der Waals surface area contributed by atoms with Crippen LogP contribution >= 0.6 is 22.9 Å². The van der Waals surface area contributed by atoms with E-state index in [0.717, 1.165) is 35.9 Å². The second-order valence-corrected chi connectivity index (χ2v) is 10.7. The second kappa shape index (κ2) is 8.97. The quantitative estimate of drug-likeness (QED) is 0.690. The molecule has 1 aromatic heterocycles. The lowest BCUT2D eigenvalue weighted by Gasteiger charge is -2.35. The molecule has 0 spiro atoms. The number of benzene rings is 1. The van der Waals surface area contributed by atoms with Crippen molar-refractivity contribution in [3.63, 3.8) is 0 Å². The summed E-state index contributed by atoms with van der Waals surface area (Å²) >= 11 is 7.24. The highest BCUT2D eigenvalue weighted by Crippen LogP contribution is 2.21. The van der Waals surface area contributed by atoms with E-state index in [1.54, 1.807) is 28.6 Å². The lowest BCUT2D eigenvalue weighted by atomic mass is 10.0. The minimum absolute atomic E-state index is 0.0799. The molecule has 7 nitrogen and oxygen atoms in total. The highest BCUT2D eigenvalue weighted by atomic mass is 35.5. The van der Waals surface area contributed by atoms with Gasteiger partial charge in [-0.05, 0) is 43.9 Å². The molecular formula is C19H24ClN3O4S2. The van der Waals surface area contributed by atoms with E-state index < -0.39 is 33.2 Å². The van der Waals surface area contributed by atoms with Crippen LogP contribution in [0.5, 0.6) is 0 Å². The fraction of sp³-hybridized carbons (Fsp3) is 0.526. The molecule has 2 aromatic rings. The van der Waals surface area contributed by atoms with Gasteiger partial charge in [0.2, 0.25) is 5.91 Å². The zero-order valence-electron chi connectivity index (χ0n) is 16.4. The number of rotatable bonds is 5. The smallest absolute Gasteiger partial charge is 0.263 e. The molecule has 3 rings (SSSR count). The largest absolute Gasteiger partial charge is 0.339 e. The Kier molecular flexibility index (Phi) is 6.80. The first-order valence-electron chi connectivity index (χ1n) is 9.52. The maximum atomic E-state index is 12.5. The first-order valence-corrected chi connectivity index (χ1v) is 12.5. The van der Waals surface area contributed by atoms with Gasteiger partial charge < -0.3 is 9.47 Å². The van der Waals surface area contributed by atoms with E-state index in [1.165, 1.54) is 11.3 Å². The fourth-order valence-electron chi connectivity index (χ4n) is 3.62. The third-order valence-electron chi connectivity index (χ3n) is 5.10. The van der Waals surface area contributed by atoms with E-state index in [4.69, 9.17) is 11.6 Å². The molecule has 1 atom stereocenters. The molecule has 0 bridgehead atoms. The number of fused-ring (bicyclic) bond motifs is 1. The Morgan fingerprint density at radius 1 is 1.28 bits per heavy atom. The number of hydrogen-bond donors (Lipinski definition) is 0. The van der Waals surface area contributed by atoms with Crippen LogP contribution in [0.4, 0.5) is 0 Å². The molecule has 1 aromatic carbocycles. The molecule has 2 heterocycles. The number of hydrogen-bond acceptors (Lipinski definition) is 5. The molecule has 29 heavy (non-hydrogen) atoms. The summed E-state index contributed by atoms with van der Waals surface area (Å²) < 4.78 is 27.4. The van der Waals surface area contributed by atoms with Gasteiger partial charge in [0.25, 0.3) is 5.91 Å². The summed E-state index contributed by atoms with van der Waals surface area (Å²) in [4.78, 5) is 30.8. The zero-order chi connectivity index (χ0) is 21.2. The van der Waals surface area contributed by atoms with Crippen LogP contribution in [0, 0.1) is 0 Å². The van der Waals surface area contributed by atoms with Crippen molar-refractivity contribution in [3.05, 3.63) is 28.0 Å². The van der Waals surface area contributed by atoms with Crippen molar-refractivity contribution in [1.29, 1.82) is 0 Å². The zero-order valence-corrected chi connectivity index (χ0v) is 18.8. The minimum atomic E-state index is -3.89. The normalized spacial score (nSPS) is 18.4. The van der Waals surface area contributed by atoms with Crippen LogP contribution in [0.15, 0.2) is 23.2 Å². The van der Waals surface area contributed by atoms with Crippen LogP contribution < -0.4 is 4.80 Å². The van der Waals surface area contributed by atoms with E-state index in [2.05, 4.69) is 4.99 Å². The lowest BCUT2D eigenvalue weighted by Crippen LogP contribution is -2.46. The summed E-state index contributed by atoms with van der Waals surface area (Å²) in [7, 11) is -2.14. The summed E-state index contributed by atoms with van der Waals surface area (Å²) in [5, 5.41) is 0.571. The molecule has 1 aliphatic rings. The predicted molar refractivity (Wildman–Crippen MR) is 115 cm³/mol. The van der Waals surface area contributed by atoms with Gasteiger partial charge in [0.05, 0.1) is 10.2 Å². The van der Waals surface area contributed by atoms with E-state index >= 15 is 0 Å². The Labute approximate surface area is 178 Å². The SMILES string of the molecule is CCC1CCCCN1C(=O)CS(=O)(=O)CC(=O)N=c1sc2cc(Cl)ccc2n1C. The van der Waals surface area contributed by atoms with Gasteiger partial charge in [0.1, 0.15) is 11.5 Å². The average Bonchev–Trinajstić information content (AvgIpc) is 2.95. The van der Waals surface area contributed by atoms with Crippen molar-refractivity contribution in [2.75, 3.05) is 18.1 Å². The molecule has 1 saturated heterocycles. The number of sulfone groups is 1. The highest BCUT2D eigenvalue weighted by Gasteiger charge is 2.29. The van der Waals surface area contributed by atoms with E-state index in [-0.39, 0.29) is 6.04 Å². The maximum absolute atomic E-state index is 12.5. The number of aryl methyl sites for hydroxylation is 1. The number of carbonyl (C=O) groups excluding carboxylic acids is 2. The third-order valence-corrected chi connectivity index (χ3v) is 7.80. The van der Waals surface area contributed by atoms with Gasteiger partial charge in [-0.25, -0.2) is 8.42 Å². The summed E-state index contributed by atoms with van der Waals surface area (Å²) in [6, 6.07) is 5.40. The van der Waals surface area contributed by atoms with Crippen molar-refractivity contribution in [2.45, 2.75) is 38.6 Å². The molecule has 0 radical (unpaired) electrons. The molecule has 10 heteroatoms. The molecular weight excluding hydrogens is 434 g/mol. The summed E-state index contributed by atoms with van der Waals surface area (Å²) in [6.07, 6.45) is 3.61. The Balaban J connectivity index is 1.73. The van der Waals surface area contributed by atoms with Crippen LogP contribution in [-0.4, -0.2) is 53.8 Å². The van der Waals surface area contributed by atoms with Gasteiger partial charge in [-0.2, -0.15) is 4.99 Å². The van der Waals surface area contributed by atoms with Gasteiger partial charge >= 0.3 is 0 Å². The predicted octanol–water partition coefficient (Wildman–Crippen LogP) is 2.53. The number of amides is 2. The molecule has 158 valence electrons. The minimum Gasteiger partial charge on any atom is -0.339 e. The average molecular weight is 458 g/mol. The Morgan fingerprint density at radius 3 is 2.76 bits per heavy atom. The number of thiazole rings is 1. The van der Waals surface area contributed by atoms with Crippen molar-refractivity contribution < 1.29 is 18.0 Å². The number of piperidine rings is 1. The van der Waals surface area contributed by atoms with Crippen LogP contribution in [0.2, 0.25) is 5.02 Å². The number of nitrogens with zero attached hydrogens (tertiary/aromatic N) is 3. The number of halogens is 1. The van der Waals surface area contributed by atoms with E-state index in [1.807, 2.05) is 13.0 Å². The van der Waals surface area contributed by atoms with Gasteiger partial charge in [0.15, 0.2) is 14.6 Å². The molecule has 0 aliphatic carbocycles. The van der Waals surface area contributed by atoms with Crippen LogP contribution in [0.25, 0.3) is 10.2 Å². The molecule has 1 unspecified atom stereocenters. The number of likely N-dealkylation sites (tertiary alicyclic amines) is 1. The third kappa shape index (κ3) is 5.26. The Bertz CT molecular complexity index is 1100. The standard InChI is InChI=1S/C19H24ClN3O4S2/c1-3-14-6-4-5-9-23(14)18(25)12-29(26,27)11-17(24)21-19-22(2)15-8-7-13(20)10-16(15)28-19/h7-8,10,14H,3-6,9,11-12H2,1-2H3. The van der Waals surface area contributed by atoms with Crippen molar-refractivity contribution in [3.8, 4) is 0 Å². The van der Waals surface area contributed by atoms with Gasteiger partial charge in [-0.1, -0.05) is 29.9 Å². The second-order valence-electron chi connectivity index (χ2n) is 7.24. The van der Waals surface area contributed by atoms with Crippen LogP contribution in [0.1, 0.15) is 32.6 Å². The Hall–Kier alpha value is -1.71. The number of aromatic nitrogens is 1. The Morgan fingerprint density at radius 2 is 2.03 bits per heavy atom. The van der Waals surface area contributed by atoms with Crippen molar-refractivity contribution in [2.24, 2.45) is 12.0 Å². The van der Waals surface area contributed by atoms with Gasteiger partial charge in [-0.3, -0.25) is 9.59 Å². The summed E-state index contributed by atoms with van der Waals surface area (Å²) in [6.45, 7) is 2.57. The molecule has 1 fully saturated rings. The molecule has 0 N–H and O–H groups in total. The number of carbonyl (C=O) groups is 2. The fourth-order valence-corrected chi connectivity index (χ4v) is 6.01. The van der Waals surface area contributed by atoms with Gasteiger partial charge in [0, 0.05) is 24.7 Å². The first-order chi connectivity index (χ1) is 13.7. The van der Waals surface area contributed by atoms with Gasteiger partial charge in [-0.15, -0.1) is 0 Å². The monoisotopic (exact) mass is 457 g/mol. The topological polar surface area (TPSA) is 88.8 Å². The summed E-state index contributed by atoms with van der Waals surface area (Å²) in [5.41, 5.74) is 0.847. The summed E-state index contributed by atoms with van der Waals surface area (Å²) in [5.74, 6) is -2.64. The highest BCUT2D eigenvalue weighted by molar-refractivity contribution is 7.92. The van der Waals surface area contributed by atoms with Crippen molar-refractivity contribution in [1.82, 2.24) is 9.47 Å². The van der Waals surface area contributed by atoms with Crippen LogP contribution in [0.3, 0.4) is 0 Å². The lowest BCUT2D eigenvalue weighted by molar-refractivity contribution is -0.132. The molecule has 2 amide bonds. The van der Waals surface area contributed by atoms with Crippen molar-refractivity contribution >= 4 is 54.8 Å². The van der Waals surface area contributed by atoms with Crippen LogP contribution in [-0.2, 0) is 26.5 Å².